The molecule has 0 unspecified atom stereocenters. The van der Waals surface area contributed by atoms with Gasteiger partial charge in [0.05, 0.1) is 0 Å². The van der Waals surface area contributed by atoms with Crippen molar-refractivity contribution in [2.45, 2.75) is 75.5 Å². The zero-order valence-electron chi connectivity index (χ0n) is 11.3. The standard InChI is InChI=1S/C12H26O4S2/c1-3-5-7-9-11(13,14)17-18-12(15,16)10-8-6-4-2/h13-16H,3-10H2,1-2H3. The maximum Gasteiger partial charge on any atom is 0.223 e. The van der Waals surface area contributed by atoms with Crippen molar-refractivity contribution in [2.75, 3.05) is 0 Å². The second-order valence-electron chi connectivity index (χ2n) is 4.57. The van der Waals surface area contributed by atoms with Gasteiger partial charge in [0.2, 0.25) is 10.2 Å². The molecule has 0 radical (unpaired) electrons. The van der Waals surface area contributed by atoms with E-state index in [2.05, 4.69) is 0 Å². The van der Waals surface area contributed by atoms with Gasteiger partial charge in [-0.3, -0.25) is 0 Å². The summed E-state index contributed by atoms with van der Waals surface area (Å²) >= 11 is 0. The van der Waals surface area contributed by atoms with E-state index in [-0.39, 0.29) is 12.8 Å². The first-order chi connectivity index (χ1) is 8.33. The Morgan fingerprint density at radius 1 is 0.667 bits per heavy atom. The van der Waals surface area contributed by atoms with Gasteiger partial charge < -0.3 is 20.4 Å². The van der Waals surface area contributed by atoms with E-state index >= 15 is 0 Å². The fourth-order valence-corrected chi connectivity index (χ4v) is 3.45. The van der Waals surface area contributed by atoms with Gasteiger partial charge in [-0.1, -0.05) is 39.5 Å². The third-order valence-electron chi connectivity index (χ3n) is 2.52. The smallest absolute Gasteiger partial charge is 0.223 e. The second kappa shape index (κ2) is 9.44. The zero-order chi connectivity index (χ0) is 14.1. The van der Waals surface area contributed by atoms with E-state index < -0.39 is 10.2 Å². The molecular weight excluding hydrogens is 272 g/mol. The minimum absolute atomic E-state index is 0.240. The van der Waals surface area contributed by atoms with Crippen LogP contribution in [0.2, 0.25) is 0 Å². The van der Waals surface area contributed by atoms with Crippen molar-refractivity contribution in [2.24, 2.45) is 0 Å². The summed E-state index contributed by atoms with van der Waals surface area (Å²) in [5, 5.41) is 34.8. The van der Waals surface area contributed by atoms with E-state index in [1.807, 2.05) is 13.8 Å². The number of hydrogen-bond acceptors (Lipinski definition) is 6. The first kappa shape index (κ1) is 18.5. The lowest BCUT2D eigenvalue weighted by Crippen LogP contribution is -2.27. The van der Waals surface area contributed by atoms with E-state index in [0.717, 1.165) is 60.1 Å². The van der Waals surface area contributed by atoms with Crippen LogP contribution in [0, 0.1) is 0 Å². The van der Waals surface area contributed by atoms with Gasteiger partial charge in [0.1, 0.15) is 0 Å². The quantitative estimate of drug-likeness (QED) is 0.267. The summed E-state index contributed by atoms with van der Waals surface area (Å²) in [6.07, 6.45) is 5.81. The Hall–Kier alpha value is 0.540. The minimum Gasteiger partial charge on any atom is -0.357 e. The summed E-state index contributed by atoms with van der Waals surface area (Å²) in [4.78, 5) is 0. The molecule has 4 N–H and O–H groups in total. The van der Waals surface area contributed by atoms with Crippen molar-refractivity contribution < 1.29 is 20.4 Å². The summed E-state index contributed by atoms with van der Waals surface area (Å²) in [5.41, 5.74) is 0. The number of unbranched alkanes of at least 4 members (excludes halogenated alkanes) is 4. The van der Waals surface area contributed by atoms with E-state index in [1.54, 1.807) is 0 Å². The Labute approximate surface area is 118 Å². The molecule has 18 heavy (non-hydrogen) atoms. The molecule has 0 aromatic rings. The summed E-state index contributed by atoms with van der Waals surface area (Å²) in [7, 11) is 1.44. The molecule has 0 amide bonds. The van der Waals surface area contributed by atoms with Crippen LogP contribution in [0.5, 0.6) is 0 Å². The molecule has 0 aliphatic heterocycles. The van der Waals surface area contributed by atoms with Crippen LogP contribution in [0.15, 0.2) is 0 Å². The first-order valence-corrected chi connectivity index (χ1v) is 8.74. The van der Waals surface area contributed by atoms with Gasteiger partial charge in [0.15, 0.2) is 0 Å². The lowest BCUT2D eigenvalue weighted by Gasteiger charge is -2.25. The summed E-state index contributed by atoms with van der Waals surface area (Å²) in [6.45, 7) is 4.08. The van der Waals surface area contributed by atoms with Crippen LogP contribution in [0.4, 0.5) is 0 Å². The predicted molar refractivity (Wildman–Crippen MR) is 77.8 cm³/mol. The molecule has 0 rings (SSSR count). The molecule has 110 valence electrons. The van der Waals surface area contributed by atoms with Crippen LogP contribution in [0.25, 0.3) is 0 Å². The molecule has 4 nitrogen and oxygen atoms in total. The molecule has 0 aliphatic carbocycles. The van der Waals surface area contributed by atoms with E-state index in [9.17, 15) is 20.4 Å². The lowest BCUT2D eigenvalue weighted by molar-refractivity contribution is -0.0863. The highest BCUT2D eigenvalue weighted by molar-refractivity contribution is 8.77. The minimum atomic E-state index is -1.89. The molecule has 0 heterocycles. The highest BCUT2D eigenvalue weighted by Gasteiger charge is 2.31. The van der Waals surface area contributed by atoms with Gasteiger partial charge in [-0.15, -0.1) is 0 Å². The summed E-state index contributed by atoms with van der Waals surface area (Å²) < 4.78 is 0. The van der Waals surface area contributed by atoms with Gasteiger partial charge in [-0.25, -0.2) is 0 Å². The fourth-order valence-electron chi connectivity index (χ4n) is 1.43. The Balaban J connectivity index is 3.88. The maximum absolute atomic E-state index is 9.65. The molecule has 0 saturated carbocycles. The number of rotatable bonds is 11. The van der Waals surface area contributed by atoms with Gasteiger partial charge >= 0.3 is 0 Å². The van der Waals surface area contributed by atoms with Crippen molar-refractivity contribution in [3.8, 4) is 0 Å². The predicted octanol–water partition coefficient (Wildman–Crippen LogP) is 2.81. The topological polar surface area (TPSA) is 80.9 Å². The average molecular weight is 298 g/mol. The summed E-state index contributed by atoms with van der Waals surface area (Å²) in [5.74, 6) is 0. The number of aliphatic hydroxyl groups is 4. The number of hydrogen-bond donors (Lipinski definition) is 4. The van der Waals surface area contributed by atoms with Gasteiger partial charge in [-0.05, 0) is 34.4 Å². The second-order valence-corrected chi connectivity index (χ2v) is 7.21. The SMILES string of the molecule is CCCCCC(O)(O)SSC(O)(O)CCCCC. The van der Waals surface area contributed by atoms with Gasteiger partial charge in [-0.2, -0.15) is 0 Å². The Morgan fingerprint density at radius 3 is 1.28 bits per heavy atom. The molecule has 0 fully saturated rings. The van der Waals surface area contributed by atoms with Crippen molar-refractivity contribution in [1.82, 2.24) is 0 Å². The highest BCUT2D eigenvalue weighted by atomic mass is 33.1. The Bertz CT molecular complexity index is 188. The van der Waals surface area contributed by atoms with Crippen molar-refractivity contribution >= 4 is 21.6 Å². The van der Waals surface area contributed by atoms with Crippen LogP contribution >= 0.6 is 21.6 Å². The lowest BCUT2D eigenvalue weighted by atomic mass is 10.2. The van der Waals surface area contributed by atoms with Crippen molar-refractivity contribution in [3.05, 3.63) is 0 Å². The van der Waals surface area contributed by atoms with Gasteiger partial charge in [0.25, 0.3) is 0 Å². The first-order valence-electron chi connectivity index (χ1n) is 6.59. The van der Waals surface area contributed by atoms with Crippen LogP contribution in [0.1, 0.15) is 65.2 Å². The molecule has 0 saturated heterocycles. The zero-order valence-corrected chi connectivity index (χ0v) is 12.9. The Morgan fingerprint density at radius 2 is 1.00 bits per heavy atom. The molecule has 0 aromatic heterocycles. The monoisotopic (exact) mass is 298 g/mol. The van der Waals surface area contributed by atoms with Gasteiger partial charge in [0, 0.05) is 12.8 Å². The third-order valence-corrected chi connectivity index (χ3v) is 5.40. The van der Waals surface area contributed by atoms with Crippen LogP contribution in [-0.2, 0) is 0 Å². The molecular formula is C12H26O4S2. The molecule has 0 bridgehead atoms. The van der Waals surface area contributed by atoms with Crippen molar-refractivity contribution in [3.63, 3.8) is 0 Å². The molecule has 6 heteroatoms. The molecule has 0 aromatic carbocycles. The Kier molecular flexibility index (Phi) is 9.73. The van der Waals surface area contributed by atoms with Crippen molar-refractivity contribution in [1.29, 1.82) is 0 Å². The highest BCUT2D eigenvalue weighted by Crippen LogP contribution is 2.43. The third kappa shape index (κ3) is 10.5. The maximum atomic E-state index is 9.65. The molecule has 0 aliphatic rings. The summed E-state index contributed by atoms with van der Waals surface area (Å²) in [6, 6.07) is 0. The molecule has 0 atom stereocenters. The van der Waals surface area contributed by atoms with Crippen LogP contribution in [0.3, 0.4) is 0 Å². The largest absolute Gasteiger partial charge is 0.357 e. The molecule has 0 spiro atoms. The van der Waals surface area contributed by atoms with Crippen LogP contribution in [-0.4, -0.2) is 30.7 Å². The normalized spacial score (nSPS) is 13.0. The van der Waals surface area contributed by atoms with E-state index in [4.69, 9.17) is 0 Å². The van der Waals surface area contributed by atoms with E-state index in [0.29, 0.717) is 0 Å². The fraction of sp³-hybridized carbons (Fsp3) is 1.00. The van der Waals surface area contributed by atoms with Crippen LogP contribution < -0.4 is 0 Å². The average Bonchev–Trinajstić information content (AvgIpc) is 2.27. The van der Waals surface area contributed by atoms with E-state index in [1.165, 1.54) is 0 Å².